The summed E-state index contributed by atoms with van der Waals surface area (Å²) in [4.78, 5) is 25.8. The molecule has 25 heavy (non-hydrogen) atoms. The van der Waals surface area contributed by atoms with Crippen LogP contribution in [0.2, 0.25) is 0 Å². The van der Waals surface area contributed by atoms with Crippen LogP contribution in [0.3, 0.4) is 0 Å². The molecule has 2 N–H and O–H groups in total. The van der Waals surface area contributed by atoms with Crippen molar-refractivity contribution >= 4 is 33.4 Å². The van der Waals surface area contributed by atoms with Crippen molar-refractivity contribution < 1.29 is 9.59 Å². The Morgan fingerprint density at radius 3 is 2.64 bits per heavy atom. The number of carbonyl (C=O) groups excluding carboxylic acids is 2. The van der Waals surface area contributed by atoms with Crippen LogP contribution in [0, 0.1) is 0 Å². The molecule has 0 spiro atoms. The number of amides is 2. The number of aromatic amines is 1. The third-order valence-electron chi connectivity index (χ3n) is 3.91. The minimum Gasteiger partial charge on any atom is -0.339 e. The Morgan fingerprint density at radius 2 is 2.08 bits per heavy atom. The molecule has 134 valence electrons. The van der Waals surface area contributed by atoms with Crippen molar-refractivity contribution in [3.63, 3.8) is 0 Å². The van der Waals surface area contributed by atoms with Gasteiger partial charge in [-0.2, -0.15) is 5.10 Å². The average Bonchev–Trinajstić information content (AvgIpc) is 2.94. The van der Waals surface area contributed by atoms with Gasteiger partial charge < -0.3 is 10.2 Å². The number of anilines is 1. The van der Waals surface area contributed by atoms with Gasteiger partial charge in [-0.05, 0) is 46.5 Å². The fourth-order valence-electron chi connectivity index (χ4n) is 2.48. The van der Waals surface area contributed by atoms with Crippen LogP contribution >= 0.6 is 15.9 Å². The lowest BCUT2D eigenvalue weighted by Gasteiger charge is -2.19. The monoisotopic (exact) mass is 406 g/mol. The van der Waals surface area contributed by atoms with Crippen molar-refractivity contribution in [2.45, 2.75) is 40.2 Å². The van der Waals surface area contributed by atoms with Crippen LogP contribution in [0.15, 0.2) is 28.7 Å². The molecule has 0 radical (unpaired) electrons. The molecule has 0 aliphatic rings. The zero-order valence-corrected chi connectivity index (χ0v) is 16.5. The molecule has 0 saturated carbocycles. The van der Waals surface area contributed by atoms with Crippen molar-refractivity contribution in [1.82, 2.24) is 15.1 Å². The first kappa shape index (κ1) is 19.2. The molecule has 1 heterocycles. The lowest BCUT2D eigenvalue weighted by atomic mass is 10.1. The van der Waals surface area contributed by atoms with Crippen LogP contribution < -0.4 is 5.32 Å². The van der Waals surface area contributed by atoms with Crippen LogP contribution in [-0.4, -0.2) is 33.5 Å². The molecule has 2 amide bonds. The van der Waals surface area contributed by atoms with Crippen molar-refractivity contribution in [1.29, 1.82) is 0 Å². The Labute approximate surface area is 156 Å². The lowest BCUT2D eigenvalue weighted by Crippen LogP contribution is -2.27. The smallest absolute Gasteiger partial charge is 0.277 e. The SMILES string of the molecule is CCN(Cc1cccc(NC(=O)c2n[nH]c(C(C)C)c2Br)c1)C(C)=O. The zero-order chi connectivity index (χ0) is 18.6. The molecule has 0 aliphatic heterocycles. The van der Waals surface area contributed by atoms with E-state index >= 15 is 0 Å². The van der Waals surface area contributed by atoms with E-state index in [0.717, 1.165) is 11.3 Å². The maximum atomic E-state index is 12.5. The normalized spacial score (nSPS) is 10.8. The van der Waals surface area contributed by atoms with E-state index in [9.17, 15) is 9.59 Å². The number of nitrogens with zero attached hydrogens (tertiary/aromatic N) is 2. The quantitative estimate of drug-likeness (QED) is 0.762. The second kappa shape index (κ2) is 8.29. The summed E-state index contributed by atoms with van der Waals surface area (Å²) < 4.78 is 0.685. The minimum atomic E-state index is -0.286. The fourth-order valence-corrected chi connectivity index (χ4v) is 3.29. The molecular weight excluding hydrogens is 384 g/mol. The van der Waals surface area contributed by atoms with Gasteiger partial charge in [0.05, 0.1) is 10.2 Å². The number of hydrogen-bond donors (Lipinski definition) is 2. The summed E-state index contributed by atoms with van der Waals surface area (Å²) in [5.41, 5.74) is 2.84. The Morgan fingerprint density at radius 1 is 1.36 bits per heavy atom. The van der Waals surface area contributed by atoms with Gasteiger partial charge in [0.25, 0.3) is 5.91 Å². The van der Waals surface area contributed by atoms with E-state index in [0.29, 0.717) is 28.9 Å². The summed E-state index contributed by atoms with van der Waals surface area (Å²) in [6.07, 6.45) is 0. The van der Waals surface area contributed by atoms with Gasteiger partial charge in [-0.15, -0.1) is 0 Å². The molecule has 0 fully saturated rings. The third-order valence-corrected chi connectivity index (χ3v) is 4.71. The van der Waals surface area contributed by atoms with Crippen molar-refractivity contribution in [2.75, 3.05) is 11.9 Å². The standard InChI is InChI=1S/C18H23BrN4O2/c1-5-23(12(4)24)10-13-7-6-8-14(9-13)20-18(25)17-15(19)16(11(2)3)21-22-17/h6-9,11H,5,10H2,1-4H3,(H,20,25)(H,21,22). The molecule has 0 saturated heterocycles. The number of halogens is 1. The van der Waals surface area contributed by atoms with Gasteiger partial charge in [0.15, 0.2) is 5.69 Å². The second-order valence-corrected chi connectivity index (χ2v) is 6.94. The summed E-state index contributed by atoms with van der Waals surface area (Å²) >= 11 is 3.44. The summed E-state index contributed by atoms with van der Waals surface area (Å²) in [5, 5.41) is 9.86. The fraction of sp³-hybridized carbons (Fsp3) is 0.389. The van der Waals surface area contributed by atoms with Gasteiger partial charge in [-0.25, -0.2) is 0 Å². The number of rotatable bonds is 6. The maximum Gasteiger partial charge on any atom is 0.277 e. The molecule has 0 aliphatic carbocycles. The second-order valence-electron chi connectivity index (χ2n) is 6.14. The summed E-state index contributed by atoms with van der Waals surface area (Å²) in [7, 11) is 0. The molecule has 1 aromatic heterocycles. The van der Waals surface area contributed by atoms with Crippen LogP contribution in [0.5, 0.6) is 0 Å². The van der Waals surface area contributed by atoms with E-state index in [1.807, 2.05) is 45.0 Å². The van der Waals surface area contributed by atoms with E-state index in [2.05, 4.69) is 31.4 Å². The highest BCUT2D eigenvalue weighted by Gasteiger charge is 2.19. The van der Waals surface area contributed by atoms with Crippen LogP contribution in [0.25, 0.3) is 0 Å². The number of aromatic nitrogens is 2. The summed E-state index contributed by atoms with van der Waals surface area (Å²) in [6.45, 7) is 8.70. The average molecular weight is 407 g/mol. The number of carbonyl (C=O) groups is 2. The molecule has 0 unspecified atom stereocenters. The summed E-state index contributed by atoms with van der Waals surface area (Å²) in [5.74, 6) is -0.0249. The highest BCUT2D eigenvalue weighted by Crippen LogP contribution is 2.26. The highest BCUT2D eigenvalue weighted by molar-refractivity contribution is 9.10. The van der Waals surface area contributed by atoms with E-state index in [1.165, 1.54) is 0 Å². The Bertz CT molecular complexity index is 770. The van der Waals surface area contributed by atoms with Gasteiger partial charge in [0.1, 0.15) is 0 Å². The number of nitrogens with one attached hydrogen (secondary N) is 2. The van der Waals surface area contributed by atoms with E-state index in [1.54, 1.807) is 11.8 Å². The third kappa shape index (κ3) is 4.69. The molecule has 6 nitrogen and oxygen atoms in total. The van der Waals surface area contributed by atoms with E-state index in [-0.39, 0.29) is 17.7 Å². The number of H-pyrrole nitrogens is 1. The lowest BCUT2D eigenvalue weighted by molar-refractivity contribution is -0.129. The topological polar surface area (TPSA) is 78.1 Å². The van der Waals surface area contributed by atoms with Crippen LogP contribution in [-0.2, 0) is 11.3 Å². The van der Waals surface area contributed by atoms with Crippen molar-refractivity contribution in [2.24, 2.45) is 0 Å². The summed E-state index contributed by atoms with van der Waals surface area (Å²) in [6, 6.07) is 7.48. The number of hydrogen-bond acceptors (Lipinski definition) is 3. The first-order valence-corrected chi connectivity index (χ1v) is 9.02. The van der Waals surface area contributed by atoms with Crippen LogP contribution in [0.4, 0.5) is 5.69 Å². The Hall–Kier alpha value is -2.15. The Kier molecular flexibility index (Phi) is 6.36. The van der Waals surface area contributed by atoms with Gasteiger partial charge >= 0.3 is 0 Å². The van der Waals surface area contributed by atoms with Crippen LogP contribution in [0.1, 0.15) is 55.4 Å². The van der Waals surface area contributed by atoms with Gasteiger partial charge in [-0.3, -0.25) is 14.7 Å². The highest BCUT2D eigenvalue weighted by atomic mass is 79.9. The van der Waals surface area contributed by atoms with Crippen molar-refractivity contribution in [3.05, 3.63) is 45.7 Å². The predicted molar refractivity (Wildman–Crippen MR) is 102 cm³/mol. The Balaban J connectivity index is 2.14. The zero-order valence-electron chi connectivity index (χ0n) is 14.9. The van der Waals surface area contributed by atoms with Gasteiger partial charge in [-0.1, -0.05) is 26.0 Å². The van der Waals surface area contributed by atoms with Gasteiger partial charge in [0.2, 0.25) is 5.91 Å². The first-order chi connectivity index (χ1) is 11.8. The predicted octanol–water partition coefficient (Wildman–Crippen LogP) is 3.92. The van der Waals surface area contributed by atoms with E-state index < -0.39 is 0 Å². The maximum absolute atomic E-state index is 12.5. The van der Waals surface area contributed by atoms with E-state index in [4.69, 9.17) is 0 Å². The minimum absolute atomic E-state index is 0.0265. The molecule has 1 aromatic carbocycles. The molecular formula is C18H23BrN4O2. The first-order valence-electron chi connectivity index (χ1n) is 8.23. The largest absolute Gasteiger partial charge is 0.339 e. The molecule has 0 atom stereocenters. The molecule has 2 rings (SSSR count). The molecule has 7 heteroatoms. The van der Waals surface area contributed by atoms with Gasteiger partial charge in [0, 0.05) is 25.7 Å². The molecule has 0 bridgehead atoms. The number of benzene rings is 1. The molecule has 2 aromatic rings. The van der Waals surface area contributed by atoms with Crippen molar-refractivity contribution in [3.8, 4) is 0 Å².